The lowest BCUT2D eigenvalue weighted by atomic mass is 9.84. The zero-order valence-corrected chi connectivity index (χ0v) is 19.2. The van der Waals surface area contributed by atoms with Crippen molar-refractivity contribution in [1.29, 1.82) is 0 Å². The third-order valence-electron chi connectivity index (χ3n) is 6.26. The predicted molar refractivity (Wildman–Crippen MR) is 124 cm³/mol. The van der Waals surface area contributed by atoms with Gasteiger partial charge in [-0.1, -0.05) is 55.1 Å². The standard InChI is InChI=1S/C25H33ClN2O4/c26-21-13-11-18(12-14-21)16-27-24(30)15-20-9-5-2-6-10-23(29)28-22(17-32-25(20)31)19-7-3-1-4-8-19/h2,5,11-14,19-20,22H,1,3-4,6-10,15-17H2,(H,27,30)(H,28,29)/b5-2+/t20-,22-/m0/s1. The van der Waals surface area contributed by atoms with E-state index in [2.05, 4.69) is 10.6 Å². The third-order valence-corrected chi connectivity index (χ3v) is 6.52. The summed E-state index contributed by atoms with van der Waals surface area (Å²) in [6.45, 7) is 0.547. The van der Waals surface area contributed by atoms with Gasteiger partial charge in [-0.25, -0.2) is 0 Å². The van der Waals surface area contributed by atoms with Crippen LogP contribution in [0.15, 0.2) is 36.4 Å². The Morgan fingerprint density at radius 3 is 2.59 bits per heavy atom. The highest BCUT2D eigenvalue weighted by atomic mass is 35.5. The van der Waals surface area contributed by atoms with Crippen LogP contribution in [0, 0.1) is 11.8 Å². The molecule has 2 atom stereocenters. The van der Waals surface area contributed by atoms with E-state index < -0.39 is 5.92 Å². The molecule has 32 heavy (non-hydrogen) atoms. The van der Waals surface area contributed by atoms with Gasteiger partial charge in [0.15, 0.2) is 0 Å². The van der Waals surface area contributed by atoms with Gasteiger partial charge in [-0.3, -0.25) is 14.4 Å². The number of hydrogen-bond donors (Lipinski definition) is 2. The monoisotopic (exact) mass is 460 g/mol. The van der Waals surface area contributed by atoms with Crippen molar-refractivity contribution in [1.82, 2.24) is 10.6 Å². The number of carbonyl (C=O) groups excluding carboxylic acids is 3. The van der Waals surface area contributed by atoms with Crippen LogP contribution in [0.4, 0.5) is 0 Å². The molecule has 1 heterocycles. The van der Waals surface area contributed by atoms with E-state index in [0.29, 0.717) is 36.7 Å². The Kier molecular flexibility index (Phi) is 9.60. The fourth-order valence-corrected chi connectivity index (χ4v) is 4.48. The first-order chi connectivity index (χ1) is 15.5. The molecule has 7 heteroatoms. The molecule has 1 aliphatic heterocycles. The molecule has 2 aliphatic rings. The number of benzene rings is 1. The summed E-state index contributed by atoms with van der Waals surface area (Å²) < 4.78 is 5.64. The number of halogens is 1. The van der Waals surface area contributed by atoms with E-state index in [4.69, 9.17) is 16.3 Å². The molecule has 1 aromatic rings. The van der Waals surface area contributed by atoms with Crippen molar-refractivity contribution in [2.75, 3.05) is 6.61 Å². The first kappa shape index (κ1) is 24.3. The summed E-state index contributed by atoms with van der Waals surface area (Å²) in [6, 6.07) is 7.11. The summed E-state index contributed by atoms with van der Waals surface area (Å²) >= 11 is 5.89. The molecule has 0 bridgehead atoms. The van der Waals surface area contributed by atoms with Gasteiger partial charge in [0.05, 0.1) is 12.0 Å². The predicted octanol–water partition coefficient (Wildman–Crippen LogP) is 4.31. The van der Waals surface area contributed by atoms with Crippen LogP contribution in [0.2, 0.25) is 5.02 Å². The van der Waals surface area contributed by atoms with Gasteiger partial charge in [-0.2, -0.15) is 0 Å². The molecular formula is C25H33ClN2O4. The number of ether oxygens (including phenoxy) is 1. The highest BCUT2D eigenvalue weighted by Crippen LogP contribution is 2.27. The number of hydrogen-bond acceptors (Lipinski definition) is 4. The molecule has 1 aliphatic carbocycles. The lowest BCUT2D eigenvalue weighted by Crippen LogP contribution is -2.45. The van der Waals surface area contributed by atoms with Gasteiger partial charge in [-0.05, 0) is 49.3 Å². The molecule has 1 fully saturated rings. The number of rotatable bonds is 5. The van der Waals surface area contributed by atoms with Crippen molar-refractivity contribution in [3.8, 4) is 0 Å². The number of allylic oxidation sites excluding steroid dienone is 2. The molecule has 3 rings (SSSR count). The Labute approximate surface area is 195 Å². The molecule has 0 unspecified atom stereocenters. The molecule has 1 saturated carbocycles. The maximum atomic E-state index is 12.8. The Hall–Kier alpha value is -2.34. The molecule has 6 nitrogen and oxygen atoms in total. The first-order valence-electron chi connectivity index (χ1n) is 11.6. The average Bonchev–Trinajstić information content (AvgIpc) is 2.80. The molecule has 0 saturated heterocycles. The average molecular weight is 461 g/mol. The number of nitrogens with one attached hydrogen (secondary N) is 2. The van der Waals surface area contributed by atoms with Crippen LogP contribution in [0.1, 0.15) is 63.4 Å². The van der Waals surface area contributed by atoms with Crippen LogP contribution in [0.3, 0.4) is 0 Å². The van der Waals surface area contributed by atoms with E-state index in [9.17, 15) is 14.4 Å². The zero-order chi connectivity index (χ0) is 22.8. The van der Waals surface area contributed by atoms with E-state index in [-0.39, 0.29) is 36.9 Å². The van der Waals surface area contributed by atoms with Gasteiger partial charge < -0.3 is 15.4 Å². The fourth-order valence-electron chi connectivity index (χ4n) is 4.36. The zero-order valence-electron chi connectivity index (χ0n) is 18.5. The second kappa shape index (κ2) is 12.6. The van der Waals surface area contributed by atoms with E-state index >= 15 is 0 Å². The number of esters is 1. The lowest BCUT2D eigenvalue weighted by Gasteiger charge is -2.31. The second-order valence-corrected chi connectivity index (χ2v) is 9.19. The molecule has 2 N–H and O–H groups in total. The fraction of sp³-hybridized carbons (Fsp3) is 0.560. The summed E-state index contributed by atoms with van der Waals surface area (Å²) in [5, 5.41) is 6.60. The van der Waals surface area contributed by atoms with Crippen LogP contribution in [-0.4, -0.2) is 30.4 Å². The highest BCUT2D eigenvalue weighted by molar-refractivity contribution is 6.30. The van der Waals surface area contributed by atoms with Gasteiger partial charge in [0, 0.05) is 24.4 Å². The van der Waals surface area contributed by atoms with Crippen molar-refractivity contribution in [3.63, 3.8) is 0 Å². The Balaban J connectivity index is 1.58. The van der Waals surface area contributed by atoms with Crippen LogP contribution in [0.5, 0.6) is 0 Å². The van der Waals surface area contributed by atoms with Crippen molar-refractivity contribution >= 4 is 29.4 Å². The molecular weight excluding hydrogens is 428 g/mol. The smallest absolute Gasteiger partial charge is 0.309 e. The highest BCUT2D eigenvalue weighted by Gasteiger charge is 2.29. The Morgan fingerprint density at radius 1 is 1.09 bits per heavy atom. The van der Waals surface area contributed by atoms with Crippen LogP contribution in [0.25, 0.3) is 0 Å². The van der Waals surface area contributed by atoms with Crippen molar-refractivity contribution in [2.45, 2.75) is 70.4 Å². The topological polar surface area (TPSA) is 84.5 Å². The number of cyclic esters (lactones) is 1. The summed E-state index contributed by atoms with van der Waals surface area (Å²) in [5.74, 6) is -0.787. The Bertz CT molecular complexity index is 803. The van der Waals surface area contributed by atoms with Crippen molar-refractivity contribution in [3.05, 3.63) is 47.0 Å². The van der Waals surface area contributed by atoms with Gasteiger partial charge in [0.2, 0.25) is 11.8 Å². The van der Waals surface area contributed by atoms with Crippen molar-refractivity contribution < 1.29 is 19.1 Å². The number of amides is 2. The summed E-state index contributed by atoms with van der Waals surface area (Å²) in [7, 11) is 0. The summed E-state index contributed by atoms with van der Waals surface area (Å²) in [5.41, 5.74) is 0.940. The van der Waals surface area contributed by atoms with Gasteiger partial charge >= 0.3 is 5.97 Å². The second-order valence-electron chi connectivity index (χ2n) is 8.75. The normalized spacial score (nSPS) is 24.4. The summed E-state index contributed by atoms with van der Waals surface area (Å²) in [4.78, 5) is 37.6. The van der Waals surface area contributed by atoms with E-state index in [0.717, 1.165) is 31.2 Å². The minimum atomic E-state index is -0.543. The summed E-state index contributed by atoms with van der Waals surface area (Å²) in [6.07, 6.45) is 10.9. The molecule has 0 radical (unpaired) electrons. The van der Waals surface area contributed by atoms with Crippen LogP contribution >= 0.6 is 11.6 Å². The maximum Gasteiger partial charge on any atom is 0.309 e. The van der Waals surface area contributed by atoms with E-state index in [1.807, 2.05) is 24.3 Å². The molecule has 174 valence electrons. The first-order valence-corrected chi connectivity index (χ1v) is 12.0. The van der Waals surface area contributed by atoms with Gasteiger partial charge in [0.25, 0.3) is 0 Å². The number of carbonyl (C=O) groups is 3. The Morgan fingerprint density at radius 2 is 1.84 bits per heavy atom. The lowest BCUT2D eigenvalue weighted by molar-refractivity contribution is -0.152. The minimum absolute atomic E-state index is 0.0000248. The SMILES string of the molecule is O=C(C[C@@H]1C/C=C/CCC(=O)N[C@H](C2CCCCC2)COC1=O)NCc1ccc(Cl)cc1. The van der Waals surface area contributed by atoms with Gasteiger partial charge in [-0.15, -0.1) is 0 Å². The van der Waals surface area contributed by atoms with Gasteiger partial charge in [0.1, 0.15) is 6.61 Å². The maximum absolute atomic E-state index is 12.8. The largest absolute Gasteiger partial charge is 0.463 e. The molecule has 1 aromatic carbocycles. The molecule has 2 amide bonds. The van der Waals surface area contributed by atoms with E-state index in [1.54, 1.807) is 12.1 Å². The van der Waals surface area contributed by atoms with Crippen LogP contribution < -0.4 is 10.6 Å². The quantitative estimate of drug-likeness (QED) is 0.506. The van der Waals surface area contributed by atoms with E-state index in [1.165, 1.54) is 6.42 Å². The minimum Gasteiger partial charge on any atom is -0.463 e. The van der Waals surface area contributed by atoms with Crippen LogP contribution in [-0.2, 0) is 25.7 Å². The van der Waals surface area contributed by atoms with Crippen molar-refractivity contribution in [2.24, 2.45) is 11.8 Å². The molecule has 0 aromatic heterocycles. The third kappa shape index (κ3) is 7.97. The molecule has 0 spiro atoms.